The standard InChI is InChI=1S/C16H22ClNO2/c17-13-3-5-15(6-4-13)20-10-14(19)9-18-16-8-11-1-2-12(16)7-11/h3-6,11-12,14,16,18-19H,1-2,7-10H2. The number of benzene rings is 1. The third kappa shape index (κ3) is 3.46. The molecule has 0 aromatic heterocycles. The topological polar surface area (TPSA) is 41.5 Å². The molecule has 0 aliphatic heterocycles. The molecule has 0 spiro atoms. The summed E-state index contributed by atoms with van der Waals surface area (Å²) in [5.41, 5.74) is 0. The van der Waals surface area contributed by atoms with E-state index in [9.17, 15) is 5.11 Å². The van der Waals surface area contributed by atoms with E-state index in [-0.39, 0.29) is 0 Å². The van der Waals surface area contributed by atoms with Crippen LogP contribution in [0.2, 0.25) is 5.02 Å². The van der Waals surface area contributed by atoms with E-state index >= 15 is 0 Å². The van der Waals surface area contributed by atoms with Gasteiger partial charge in [-0.2, -0.15) is 0 Å². The Hall–Kier alpha value is -0.770. The van der Waals surface area contributed by atoms with Crippen molar-refractivity contribution in [1.29, 1.82) is 0 Å². The van der Waals surface area contributed by atoms with Crippen molar-refractivity contribution in [2.75, 3.05) is 13.2 Å². The van der Waals surface area contributed by atoms with Gasteiger partial charge in [0.25, 0.3) is 0 Å². The van der Waals surface area contributed by atoms with E-state index in [0.29, 0.717) is 24.2 Å². The molecule has 0 radical (unpaired) electrons. The lowest BCUT2D eigenvalue weighted by atomic mass is 9.95. The third-order valence-electron chi connectivity index (χ3n) is 4.61. The Kier molecular flexibility index (Phi) is 4.49. The zero-order valence-corrected chi connectivity index (χ0v) is 12.4. The molecule has 0 amide bonds. The fourth-order valence-electron chi connectivity index (χ4n) is 3.56. The summed E-state index contributed by atoms with van der Waals surface area (Å²) in [5, 5.41) is 14.2. The third-order valence-corrected chi connectivity index (χ3v) is 4.86. The first-order valence-electron chi connectivity index (χ1n) is 7.50. The number of hydrogen-bond acceptors (Lipinski definition) is 3. The molecule has 4 unspecified atom stereocenters. The number of hydrogen-bond donors (Lipinski definition) is 2. The van der Waals surface area contributed by atoms with Crippen LogP contribution in [0.3, 0.4) is 0 Å². The predicted molar refractivity (Wildman–Crippen MR) is 80.2 cm³/mol. The Morgan fingerprint density at radius 1 is 1.25 bits per heavy atom. The molecule has 4 atom stereocenters. The molecule has 1 aromatic rings. The minimum absolute atomic E-state index is 0.315. The monoisotopic (exact) mass is 295 g/mol. The molecular weight excluding hydrogens is 274 g/mol. The Labute approximate surface area is 125 Å². The summed E-state index contributed by atoms with van der Waals surface area (Å²) in [4.78, 5) is 0. The predicted octanol–water partition coefficient (Wildman–Crippen LogP) is 2.86. The van der Waals surface area contributed by atoms with Crippen molar-refractivity contribution in [3.8, 4) is 5.75 Å². The molecule has 2 N–H and O–H groups in total. The van der Waals surface area contributed by atoms with Gasteiger partial charge >= 0.3 is 0 Å². The number of rotatable bonds is 6. The number of aliphatic hydroxyl groups excluding tert-OH is 1. The highest BCUT2D eigenvalue weighted by atomic mass is 35.5. The Bertz CT molecular complexity index is 437. The van der Waals surface area contributed by atoms with Crippen LogP contribution in [0.1, 0.15) is 25.7 Å². The molecule has 20 heavy (non-hydrogen) atoms. The van der Waals surface area contributed by atoms with Gasteiger partial charge in [0.05, 0.1) is 0 Å². The molecule has 2 aliphatic carbocycles. The lowest BCUT2D eigenvalue weighted by molar-refractivity contribution is 0.101. The first kappa shape index (κ1) is 14.2. The van der Waals surface area contributed by atoms with E-state index in [1.54, 1.807) is 12.1 Å². The maximum absolute atomic E-state index is 9.98. The molecule has 4 heteroatoms. The van der Waals surface area contributed by atoms with Crippen LogP contribution < -0.4 is 10.1 Å². The second-order valence-corrected chi connectivity index (χ2v) is 6.54. The lowest BCUT2D eigenvalue weighted by Gasteiger charge is -2.24. The van der Waals surface area contributed by atoms with Crippen LogP contribution in [0, 0.1) is 11.8 Å². The summed E-state index contributed by atoms with van der Waals surface area (Å²) in [6.07, 6.45) is 4.97. The average molecular weight is 296 g/mol. The van der Waals surface area contributed by atoms with Gasteiger partial charge in [-0.25, -0.2) is 0 Å². The first-order valence-corrected chi connectivity index (χ1v) is 7.88. The fraction of sp³-hybridized carbons (Fsp3) is 0.625. The summed E-state index contributed by atoms with van der Waals surface area (Å²) in [6, 6.07) is 7.82. The second-order valence-electron chi connectivity index (χ2n) is 6.11. The van der Waals surface area contributed by atoms with Crippen LogP contribution in [0.5, 0.6) is 5.75 Å². The smallest absolute Gasteiger partial charge is 0.119 e. The van der Waals surface area contributed by atoms with Gasteiger partial charge in [-0.3, -0.25) is 0 Å². The molecule has 1 aromatic carbocycles. The van der Waals surface area contributed by atoms with Crippen molar-refractivity contribution in [2.45, 2.75) is 37.8 Å². The van der Waals surface area contributed by atoms with Crippen LogP contribution in [-0.2, 0) is 0 Å². The van der Waals surface area contributed by atoms with Gasteiger partial charge < -0.3 is 15.2 Å². The van der Waals surface area contributed by atoms with Gasteiger partial charge in [0.1, 0.15) is 18.5 Å². The van der Waals surface area contributed by atoms with E-state index in [0.717, 1.165) is 17.6 Å². The van der Waals surface area contributed by atoms with Crippen molar-refractivity contribution >= 4 is 11.6 Å². The number of ether oxygens (including phenoxy) is 1. The summed E-state index contributed by atoms with van der Waals surface area (Å²) in [7, 11) is 0. The van der Waals surface area contributed by atoms with Gasteiger partial charge in [0.15, 0.2) is 0 Å². The van der Waals surface area contributed by atoms with Gasteiger partial charge in [0.2, 0.25) is 0 Å². The Balaban J connectivity index is 1.37. The molecule has 0 saturated heterocycles. The molecule has 3 nitrogen and oxygen atoms in total. The summed E-state index contributed by atoms with van der Waals surface area (Å²) in [5.74, 6) is 2.51. The van der Waals surface area contributed by atoms with E-state index in [4.69, 9.17) is 16.3 Å². The molecular formula is C16H22ClNO2. The Morgan fingerprint density at radius 3 is 2.70 bits per heavy atom. The van der Waals surface area contributed by atoms with Crippen LogP contribution in [0.25, 0.3) is 0 Å². The molecule has 2 fully saturated rings. The van der Waals surface area contributed by atoms with Crippen LogP contribution in [0.4, 0.5) is 0 Å². The highest BCUT2D eigenvalue weighted by molar-refractivity contribution is 6.30. The number of aliphatic hydroxyl groups is 1. The normalized spacial score (nSPS) is 29.6. The number of fused-ring (bicyclic) bond motifs is 2. The fourth-order valence-corrected chi connectivity index (χ4v) is 3.69. The van der Waals surface area contributed by atoms with E-state index in [1.165, 1.54) is 25.7 Å². The second kappa shape index (κ2) is 6.33. The van der Waals surface area contributed by atoms with Crippen molar-refractivity contribution in [1.82, 2.24) is 5.32 Å². The van der Waals surface area contributed by atoms with Gasteiger partial charge in [-0.05, 0) is 55.4 Å². The molecule has 110 valence electrons. The minimum atomic E-state index is -0.468. The summed E-state index contributed by atoms with van der Waals surface area (Å²) >= 11 is 5.81. The average Bonchev–Trinajstić information content (AvgIpc) is 3.07. The van der Waals surface area contributed by atoms with E-state index in [2.05, 4.69) is 5.32 Å². The zero-order valence-electron chi connectivity index (χ0n) is 11.6. The molecule has 3 rings (SSSR count). The highest BCUT2D eigenvalue weighted by Crippen LogP contribution is 2.44. The van der Waals surface area contributed by atoms with E-state index < -0.39 is 6.10 Å². The summed E-state index contributed by atoms with van der Waals surface area (Å²) < 4.78 is 5.55. The number of nitrogens with one attached hydrogen (secondary N) is 1. The maximum atomic E-state index is 9.98. The minimum Gasteiger partial charge on any atom is -0.491 e. The van der Waals surface area contributed by atoms with Gasteiger partial charge in [-0.1, -0.05) is 18.0 Å². The van der Waals surface area contributed by atoms with Crippen LogP contribution >= 0.6 is 11.6 Å². The highest BCUT2D eigenvalue weighted by Gasteiger charge is 2.39. The first-order chi connectivity index (χ1) is 9.70. The lowest BCUT2D eigenvalue weighted by Crippen LogP contribution is -2.40. The van der Waals surface area contributed by atoms with Gasteiger partial charge in [0, 0.05) is 17.6 Å². The molecule has 2 bridgehead atoms. The molecule has 2 aliphatic rings. The SMILES string of the molecule is OC(CNC1CC2CCC1C2)COc1ccc(Cl)cc1. The maximum Gasteiger partial charge on any atom is 0.119 e. The van der Waals surface area contributed by atoms with Crippen molar-refractivity contribution in [2.24, 2.45) is 11.8 Å². The zero-order chi connectivity index (χ0) is 13.9. The van der Waals surface area contributed by atoms with Crippen LogP contribution in [0.15, 0.2) is 24.3 Å². The van der Waals surface area contributed by atoms with Crippen molar-refractivity contribution < 1.29 is 9.84 Å². The molecule has 0 heterocycles. The quantitative estimate of drug-likeness (QED) is 0.848. The largest absolute Gasteiger partial charge is 0.491 e. The summed E-state index contributed by atoms with van der Waals surface area (Å²) in [6.45, 7) is 0.928. The number of halogens is 1. The van der Waals surface area contributed by atoms with Gasteiger partial charge in [-0.15, -0.1) is 0 Å². The van der Waals surface area contributed by atoms with Crippen molar-refractivity contribution in [3.05, 3.63) is 29.3 Å². The van der Waals surface area contributed by atoms with Crippen LogP contribution in [-0.4, -0.2) is 30.4 Å². The van der Waals surface area contributed by atoms with E-state index in [1.807, 2.05) is 12.1 Å². The molecule has 2 saturated carbocycles. The Morgan fingerprint density at radius 2 is 2.05 bits per heavy atom. The van der Waals surface area contributed by atoms with Crippen molar-refractivity contribution in [3.63, 3.8) is 0 Å².